The second-order valence-corrected chi connectivity index (χ2v) is 5.57. The summed E-state index contributed by atoms with van der Waals surface area (Å²) >= 11 is 0. The summed E-state index contributed by atoms with van der Waals surface area (Å²) in [7, 11) is 2.15. The number of ether oxygens (including phenoxy) is 1. The quantitative estimate of drug-likeness (QED) is 0.627. The van der Waals surface area contributed by atoms with Gasteiger partial charge in [0.15, 0.2) is 0 Å². The molecular formula is C13H22N2O5. The van der Waals surface area contributed by atoms with E-state index < -0.39 is 23.8 Å². The minimum Gasteiger partial charge on any atom is -0.481 e. The van der Waals surface area contributed by atoms with E-state index in [0.717, 1.165) is 13.1 Å². The first-order valence-electron chi connectivity index (χ1n) is 7.01. The Morgan fingerprint density at radius 2 is 1.50 bits per heavy atom. The molecule has 0 radical (unpaired) electrons. The lowest BCUT2D eigenvalue weighted by Crippen LogP contribution is -2.40. The third-order valence-electron chi connectivity index (χ3n) is 4.18. The molecule has 3 heterocycles. The van der Waals surface area contributed by atoms with Crippen LogP contribution in [0.2, 0.25) is 0 Å². The van der Waals surface area contributed by atoms with Crippen molar-refractivity contribution in [2.45, 2.75) is 25.0 Å². The molecular weight excluding hydrogens is 264 g/mol. The van der Waals surface area contributed by atoms with E-state index in [1.165, 1.54) is 13.1 Å². The number of rotatable bonds is 2. The largest absolute Gasteiger partial charge is 0.481 e. The topological polar surface area (TPSA) is 99.1 Å². The van der Waals surface area contributed by atoms with Gasteiger partial charge >= 0.3 is 11.9 Å². The smallest absolute Gasteiger partial charge is 0.310 e. The van der Waals surface area contributed by atoms with E-state index in [1.807, 2.05) is 0 Å². The summed E-state index contributed by atoms with van der Waals surface area (Å²) in [5.74, 6) is -3.81. The minimum atomic E-state index is -1.06. The first kappa shape index (κ1) is 15.2. The average Bonchev–Trinajstić information content (AvgIpc) is 3.00. The lowest BCUT2D eigenvalue weighted by atomic mass is 9.79. The van der Waals surface area contributed by atoms with Crippen LogP contribution >= 0.6 is 0 Å². The van der Waals surface area contributed by atoms with Crippen LogP contribution in [0.15, 0.2) is 0 Å². The van der Waals surface area contributed by atoms with Gasteiger partial charge in [0.05, 0.1) is 24.0 Å². The Morgan fingerprint density at radius 1 is 1.05 bits per heavy atom. The fourth-order valence-electron chi connectivity index (χ4n) is 3.08. The van der Waals surface area contributed by atoms with E-state index in [4.69, 9.17) is 14.9 Å². The van der Waals surface area contributed by atoms with Crippen LogP contribution in [0.5, 0.6) is 0 Å². The van der Waals surface area contributed by atoms with Crippen LogP contribution in [-0.2, 0) is 14.3 Å². The third-order valence-corrected chi connectivity index (χ3v) is 4.18. The molecule has 3 fully saturated rings. The zero-order valence-corrected chi connectivity index (χ0v) is 11.6. The number of fused-ring (bicyclic) bond motifs is 2. The van der Waals surface area contributed by atoms with Gasteiger partial charge in [-0.25, -0.2) is 0 Å². The van der Waals surface area contributed by atoms with E-state index in [9.17, 15) is 9.59 Å². The van der Waals surface area contributed by atoms with Gasteiger partial charge in [-0.1, -0.05) is 0 Å². The van der Waals surface area contributed by atoms with Crippen LogP contribution in [0, 0.1) is 11.8 Å². The van der Waals surface area contributed by atoms with E-state index in [-0.39, 0.29) is 12.2 Å². The number of hydrogen-bond acceptors (Lipinski definition) is 5. The normalized spacial score (nSPS) is 36.2. The van der Waals surface area contributed by atoms with Crippen LogP contribution < -0.4 is 5.32 Å². The molecule has 3 aliphatic heterocycles. The maximum atomic E-state index is 10.8. The summed E-state index contributed by atoms with van der Waals surface area (Å²) in [4.78, 5) is 23.9. The fourth-order valence-corrected chi connectivity index (χ4v) is 3.08. The summed E-state index contributed by atoms with van der Waals surface area (Å²) in [6.07, 6.45) is 0.573. The Kier molecular flexibility index (Phi) is 4.95. The predicted octanol–water partition coefficient (Wildman–Crippen LogP) is -0.529. The highest BCUT2D eigenvalue weighted by molar-refractivity contribution is 5.82. The highest BCUT2D eigenvalue weighted by atomic mass is 16.5. The number of carbonyl (C=O) groups is 2. The zero-order valence-electron chi connectivity index (χ0n) is 11.6. The standard InChI is InChI=1S/C8H10O5.C5H12N2/c9-7(10)5-3-1-2-4(13-3)6(5)8(11)12;1-7-4-2-6-3-5-7/h3-6H,1-2H2,(H,9,10)(H,11,12);6H,2-5H2,1H3. The van der Waals surface area contributed by atoms with Crippen molar-refractivity contribution in [3.63, 3.8) is 0 Å². The van der Waals surface area contributed by atoms with Crippen molar-refractivity contribution in [2.24, 2.45) is 11.8 Å². The molecule has 0 aromatic carbocycles. The summed E-state index contributed by atoms with van der Waals surface area (Å²) in [6, 6.07) is 0. The molecule has 3 aliphatic rings. The highest BCUT2D eigenvalue weighted by Crippen LogP contribution is 2.43. The van der Waals surface area contributed by atoms with Gasteiger partial charge < -0.3 is 25.2 Å². The van der Waals surface area contributed by atoms with E-state index in [1.54, 1.807) is 0 Å². The lowest BCUT2D eigenvalue weighted by Gasteiger charge is -2.21. The molecule has 0 spiro atoms. The van der Waals surface area contributed by atoms with Crippen LogP contribution in [0.4, 0.5) is 0 Å². The van der Waals surface area contributed by atoms with Gasteiger partial charge in [0.25, 0.3) is 0 Å². The molecule has 4 atom stereocenters. The summed E-state index contributed by atoms with van der Waals surface area (Å²) in [5, 5.41) is 20.9. The molecule has 114 valence electrons. The van der Waals surface area contributed by atoms with Crippen LogP contribution in [0.25, 0.3) is 0 Å². The molecule has 0 aromatic rings. The second-order valence-electron chi connectivity index (χ2n) is 5.57. The van der Waals surface area contributed by atoms with Crippen LogP contribution in [0.1, 0.15) is 12.8 Å². The number of hydrogen-bond donors (Lipinski definition) is 3. The fraction of sp³-hybridized carbons (Fsp3) is 0.846. The molecule has 4 unspecified atom stereocenters. The molecule has 0 aliphatic carbocycles. The van der Waals surface area contributed by atoms with E-state index in [0.29, 0.717) is 12.8 Å². The molecule has 0 saturated carbocycles. The SMILES string of the molecule is CN1CCNCC1.O=C(O)C1C2CCC(O2)C1C(=O)O. The molecule has 3 N–H and O–H groups in total. The van der Waals surface area contributed by atoms with Crippen molar-refractivity contribution in [1.82, 2.24) is 10.2 Å². The Labute approximate surface area is 117 Å². The second kappa shape index (κ2) is 6.51. The molecule has 2 bridgehead atoms. The summed E-state index contributed by atoms with van der Waals surface area (Å²) in [6.45, 7) is 4.74. The number of carboxylic acids is 2. The van der Waals surface area contributed by atoms with Crippen molar-refractivity contribution in [1.29, 1.82) is 0 Å². The van der Waals surface area contributed by atoms with E-state index in [2.05, 4.69) is 17.3 Å². The number of piperazine rings is 1. The van der Waals surface area contributed by atoms with Gasteiger partial charge in [0, 0.05) is 26.2 Å². The van der Waals surface area contributed by atoms with Gasteiger partial charge in [-0.05, 0) is 19.9 Å². The van der Waals surface area contributed by atoms with Gasteiger partial charge in [-0.15, -0.1) is 0 Å². The molecule has 7 heteroatoms. The van der Waals surface area contributed by atoms with Crippen molar-refractivity contribution < 1.29 is 24.5 Å². The maximum Gasteiger partial charge on any atom is 0.310 e. The molecule has 20 heavy (non-hydrogen) atoms. The monoisotopic (exact) mass is 286 g/mol. The predicted molar refractivity (Wildman–Crippen MR) is 70.5 cm³/mol. The van der Waals surface area contributed by atoms with Crippen molar-refractivity contribution in [3.05, 3.63) is 0 Å². The number of nitrogens with zero attached hydrogens (tertiary/aromatic N) is 1. The summed E-state index contributed by atoms with van der Waals surface area (Å²) < 4.78 is 5.26. The number of aliphatic carboxylic acids is 2. The average molecular weight is 286 g/mol. The van der Waals surface area contributed by atoms with Gasteiger partial charge in [-0.3, -0.25) is 9.59 Å². The van der Waals surface area contributed by atoms with Gasteiger partial charge in [0.2, 0.25) is 0 Å². The Morgan fingerprint density at radius 3 is 1.80 bits per heavy atom. The molecule has 7 nitrogen and oxygen atoms in total. The number of carboxylic acid groups (broad SMARTS) is 2. The highest BCUT2D eigenvalue weighted by Gasteiger charge is 2.55. The van der Waals surface area contributed by atoms with E-state index >= 15 is 0 Å². The summed E-state index contributed by atoms with van der Waals surface area (Å²) in [5.41, 5.74) is 0. The van der Waals surface area contributed by atoms with Crippen molar-refractivity contribution >= 4 is 11.9 Å². The van der Waals surface area contributed by atoms with Crippen molar-refractivity contribution in [3.8, 4) is 0 Å². The van der Waals surface area contributed by atoms with Crippen LogP contribution in [0.3, 0.4) is 0 Å². The molecule has 3 rings (SSSR count). The van der Waals surface area contributed by atoms with Crippen molar-refractivity contribution in [2.75, 3.05) is 33.2 Å². The first-order valence-corrected chi connectivity index (χ1v) is 7.01. The number of likely N-dealkylation sites (N-methyl/N-ethyl adjacent to an activating group) is 1. The first-order chi connectivity index (χ1) is 9.50. The maximum absolute atomic E-state index is 10.8. The Bertz CT molecular complexity index is 344. The lowest BCUT2D eigenvalue weighted by molar-refractivity contribution is -0.154. The zero-order chi connectivity index (χ0) is 14.7. The molecule has 3 saturated heterocycles. The Balaban J connectivity index is 0.000000178. The minimum absolute atomic E-state index is 0.386. The third kappa shape index (κ3) is 3.28. The van der Waals surface area contributed by atoms with Crippen LogP contribution in [-0.4, -0.2) is 72.5 Å². The number of nitrogens with one attached hydrogen (secondary N) is 1. The molecule has 0 amide bonds. The van der Waals surface area contributed by atoms with Gasteiger partial charge in [0.1, 0.15) is 0 Å². The van der Waals surface area contributed by atoms with Gasteiger partial charge in [-0.2, -0.15) is 0 Å². The Hall–Kier alpha value is -1.18. The molecule has 0 aromatic heterocycles.